The fourth-order valence-corrected chi connectivity index (χ4v) is 5.16. The van der Waals surface area contributed by atoms with Gasteiger partial charge in [-0.25, -0.2) is 9.79 Å². The Hall–Kier alpha value is -1.79. The number of phenols is 1. The fraction of sp³-hybridized carbons (Fsp3) is 0.609. The van der Waals surface area contributed by atoms with Crippen LogP contribution in [0.15, 0.2) is 11.1 Å². The number of ether oxygens (including phenoxy) is 2. The second-order valence-corrected chi connectivity index (χ2v) is 10.1. The number of aliphatic imine (C=N–C) groups is 1. The standard InChI is InChI=1S/C23H34N4O5S2.ClH/c1-13(2)24-23-26-21(32-27(23)4)16-12-34-11-15-17(28)10-18(30-5)14(3)20(15)22(29)31-9-7-6-8-19(33)25-16;/h10,13,16,23-24,28H,6-9,11-12H2,1-5H3,(H,25,33);1H/t16-,23?;/m0./s1. The average Bonchev–Trinajstić information content (AvgIpc) is 3.13. The quantitative estimate of drug-likeness (QED) is 0.383. The summed E-state index contributed by atoms with van der Waals surface area (Å²) < 4.78 is 10.9. The highest BCUT2D eigenvalue weighted by atomic mass is 35.5. The van der Waals surface area contributed by atoms with Gasteiger partial charge in [-0.1, -0.05) is 12.2 Å². The summed E-state index contributed by atoms with van der Waals surface area (Å²) in [6.07, 6.45) is 1.85. The first-order valence-electron chi connectivity index (χ1n) is 11.4. The summed E-state index contributed by atoms with van der Waals surface area (Å²) in [6.45, 7) is 6.18. The highest BCUT2D eigenvalue weighted by molar-refractivity contribution is 7.98. The number of esters is 1. The molecule has 0 bridgehead atoms. The van der Waals surface area contributed by atoms with Crippen LogP contribution in [0.25, 0.3) is 0 Å². The monoisotopic (exact) mass is 546 g/mol. The SMILES string of the molecule is COc1cc(O)c2c(c1C)C(=O)OCCCCC(=S)N[C@H](C1=NC(NC(C)C)N(C)O1)CSC2.Cl. The third-order valence-electron chi connectivity index (χ3n) is 5.56. The lowest BCUT2D eigenvalue weighted by Crippen LogP contribution is -2.43. The smallest absolute Gasteiger partial charge is 0.338 e. The van der Waals surface area contributed by atoms with Crippen LogP contribution in [0, 0.1) is 6.92 Å². The lowest BCUT2D eigenvalue weighted by Gasteiger charge is -2.22. The van der Waals surface area contributed by atoms with Crippen LogP contribution in [0.2, 0.25) is 0 Å². The molecule has 35 heavy (non-hydrogen) atoms. The molecule has 3 rings (SSSR count). The minimum Gasteiger partial charge on any atom is -0.507 e. The third kappa shape index (κ3) is 7.60. The Labute approximate surface area is 222 Å². The second kappa shape index (κ2) is 13.5. The van der Waals surface area contributed by atoms with Gasteiger partial charge >= 0.3 is 5.97 Å². The van der Waals surface area contributed by atoms with E-state index in [4.69, 9.17) is 31.5 Å². The maximum absolute atomic E-state index is 12.9. The fourth-order valence-electron chi connectivity index (χ4n) is 3.79. The molecule has 2 aliphatic rings. The Kier molecular flexibility index (Phi) is 11.4. The van der Waals surface area contributed by atoms with Crippen LogP contribution >= 0.6 is 36.4 Å². The molecule has 1 aromatic carbocycles. The number of thiocarbonyl (C=S) groups is 1. The Morgan fingerprint density at radius 1 is 1.40 bits per heavy atom. The van der Waals surface area contributed by atoms with Crippen LogP contribution in [-0.4, -0.2) is 71.9 Å². The largest absolute Gasteiger partial charge is 0.507 e. The summed E-state index contributed by atoms with van der Waals surface area (Å²) in [5.74, 6) is 1.51. The van der Waals surface area contributed by atoms with Gasteiger partial charge in [0.2, 0.25) is 5.90 Å². The Balaban J connectivity index is 0.00000432. The molecule has 3 N–H and O–H groups in total. The molecule has 0 aliphatic carbocycles. The summed E-state index contributed by atoms with van der Waals surface area (Å²) >= 11 is 7.11. The van der Waals surface area contributed by atoms with E-state index in [1.807, 2.05) is 7.05 Å². The van der Waals surface area contributed by atoms with Crippen LogP contribution in [0.1, 0.15) is 54.6 Å². The van der Waals surface area contributed by atoms with Gasteiger partial charge in [-0.05, 0) is 40.0 Å². The molecule has 0 radical (unpaired) electrons. The van der Waals surface area contributed by atoms with E-state index in [0.29, 0.717) is 57.7 Å². The summed E-state index contributed by atoms with van der Waals surface area (Å²) in [5, 5.41) is 19.1. The molecule has 2 heterocycles. The van der Waals surface area contributed by atoms with E-state index in [1.54, 1.807) is 23.7 Å². The number of halogens is 1. The number of hydrogen-bond donors (Lipinski definition) is 3. The minimum atomic E-state index is -0.454. The van der Waals surface area contributed by atoms with Crippen molar-refractivity contribution in [3.05, 3.63) is 22.8 Å². The van der Waals surface area contributed by atoms with Crippen LogP contribution in [0.4, 0.5) is 0 Å². The van der Waals surface area contributed by atoms with E-state index in [1.165, 1.54) is 13.2 Å². The molecular formula is C23H35ClN4O5S2. The number of nitrogens with zero attached hydrogens (tertiary/aromatic N) is 2. The van der Waals surface area contributed by atoms with Crippen molar-refractivity contribution < 1.29 is 24.2 Å². The molecule has 0 amide bonds. The van der Waals surface area contributed by atoms with Crippen LogP contribution in [-0.2, 0) is 15.3 Å². The molecular weight excluding hydrogens is 512 g/mol. The van der Waals surface area contributed by atoms with E-state index >= 15 is 0 Å². The predicted octanol–water partition coefficient (Wildman–Crippen LogP) is 3.55. The number of cyclic esters (lactones) is 1. The zero-order valence-electron chi connectivity index (χ0n) is 20.8. The van der Waals surface area contributed by atoms with Crippen molar-refractivity contribution in [1.82, 2.24) is 15.7 Å². The topological polar surface area (TPSA) is 105 Å². The molecule has 9 nitrogen and oxygen atoms in total. The van der Waals surface area contributed by atoms with Crippen LogP contribution < -0.4 is 15.4 Å². The maximum Gasteiger partial charge on any atom is 0.338 e. The average molecular weight is 547 g/mol. The van der Waals surface area contributed by atoms with Crippen molar-refractivity contribution in [3.8, 4) is 11.5 Å². The van der Waals surface area contributed by atoms with Gasteiger partial charge in [0.1, 0.15) is 17.5 Å². The summed E-state index contributed by atoms with van der Waals surface area (Å²) in [5.41, 5.74) is 1.53. The number of hydrogen-bond acceptors (Lipinski definition) is 10. The van der Waals surface area contributed by atoms with Gasteiger partial charge in [-0.3, -0.25) is 5.32 Å². The van der Waals surface area contributed by atoms with Crippen molar-refractivity contribution in [2.75, 3.05) is 26.5 Å². The first kappa shape index (κ1) is 29.4. The van der Waals surface area contributed by atoms with E-state index < -0.39 is 5.97 Å². The number of nitrogens with one attached hydrogen (secondary N) is 2. The van der Waals surface area contributed by atoms with Gasteiger partial charge in [0.05, 0.1) is 24.3 Å². The van der Waals surface area contributed by atoms with Gasteiger partial charge in [0.25, 0.3) is 0 Å². The van der Waals surface area contributed by atoms with E-state index in [0.717, 1.165) is 6.42 Å². The Morgan fingerprint density at radius 2 is 2.14 bits per heavy atom. The number of fused-ring (bicyclic) bond motifs is 1. The highest BCUT2D eigenvalue weighted by Crippen LogP contribution is 2.35. The van der Waals surface area contributed by atoms with Crippen molar-refractivity contribution in [2.24, 2.45) is 4.99 Å². The van der Waals surface area contributed by atoms with E-state index in [2.05, 4.69) is 24.5 Å². The number of carbonyl (C=O) groups excluding carboxylic acids is 1. The first-order valence-corrected chi connectivity index (χ1v) is 13.0. The van der Waals surface area contributed by atoms with Gasteiger partial charge < -0.3 is 24.7 Å². The predicted molar refractivity (Wildman–Crippen MR) is 145 cm³/mol. The molecule has 1 aromatic rings. The van der Waals surface area contributed by atoms with E-state index in [-0.39, 0.29) is 43.1 Å². The summed E-state index contributed by atoms with van der Waals surface area (Å²) in [6, 6.07) is 1.53. The lowest BCUT2D eigenvalue weighted by atomic mass is 10.0. The number of aromatic hydroxyl groups is 1. The minimum absolute atomic E-state index is 0. The molecule has 12 heteroatoms. The Morgan fingerprint density at radius 3 is 2.83 bits per heavy atom. The zero-order valence-corrected chi connectivity index (χ0v) is 23.2. The van der Waals surface area contributed by atoms with Gasteiger partial charge in [-0.2, -0.15) is 11.8 Å². The number of thioether (sulfide) groups is 1. The molecule has 2 atom stereocenters. The van der Waals surface area contributed by atoms with Gasteiger partial charge in [-0.15, -0.1) is 17.5 Å². The number of rotatable bonds is 4. The zero-order chi connectivity index (χ0) is 24.8. The normalized spacial score (nSPS) is 22.2. The highest BCUT2D eigenvalue weighted by Gasteiger charge is 2.32. The maximum atomic E-state index is 12.9. The number of phenolic OH excluding ortho intramolecular Hbond substituents is 1. The molecule has 0 spiro atoms. The molecule has 1 unspecified atom stereocenters. The van der Waals surface area contributed by atoms with Crippen molar-refractivity contribution >= 4 is 53.2 Å². The number of carbonyl (C=O) groups is 1. The van der Waals surface area contributed by atoms with Gasteiger partial charge in [0, 0.05) is 41.8 Å². The van der Waals surface area contributed by atoms with Crippen molar-refractivity contribution in [2.45, 2.75) is 64.2 Å². The Bertz CT molecular complexity index is 947. The molecule has 0 aromatic heterocycles. The van der Waals surface area contributed by atoms with Crippen LogP contribution in [0.3, 0.4) is 0 Å². The number of methoxy groups -OCH3 is 1. The second-order valence-electron chi connectivity index (χ2n) is 8.60. The van der Waals surface area contributed by atoms with Gasteiger partial charge in [0.15, 0.2) is 6.29 Å². The molecule has 0 fully saturated rings. The molecule has 196 valence electrons. The van der Waals surface area contributed by atoms with Crippen molar-refractivity contribution in [1.29, 1.82) is 0 Å². The van der Waals surface area contributed by atoms with Crippen LogP contribution in [0.5, 0.6) is 11.5 Å². The number of benzene rings is 1. The number of hydroxylamine groups is 2. The summed E-state index contributed by atoms with van der Waals surface area (Å²) in [7, 11) is 3.35. The molecule has 2 aliphatic heterocycles. The first-order chi connectivity index (χ1) is 16.2. The molecule has 0 saturated carbocycles. The van der Waals surface area contributed by atoms with E-state index in [9.17, 15) is 9.90 Å². The third-order valence-corrected chi connectivity index (χ3v) is 6.94. The van der Waals surface area contributed by atoms with Crippen molar-refractivity contribution in [3.63, 3.8) is 0 Å². The molecule has 0 saturated heterocycles. The lowest BCUT2D eigenvalue weighted by molar-refractivity contribution is -0.0708. The summed E-state index contributed by atoms with van der Waals surface area (Å²) in [4.78, 5) is 24.3.